The predicted octanol–water partition coefficient (Wildman–Crippen LogP) is 5.51. The van der Waals surface area contributed by atoms with E-state index >= 15 is 0 Å². The van der Waals surface area contributed by atoms with Crippen LogP contribution in [0.2, 0.25) is 0 Å². The van der Waals surface area contributed by atoms with Crippen molar-refractivity contribution in [2.45, 2.75) is 46.0 Å². The van der Waals surface area contributed by atoms with Gasteiger partial charge in [-0.2, -0.15) is 0 Å². The van der Waals surface area contributed by atoms with E-state index in [2.05, 4.69) is 57.2 Å². The van der Waals surface area contributed by atoms with E-state index in [0.29, 0.717) is 5.92 Å². The summed E-state index contributed by atoms with van der Waals surface area (Å²) in [7, 11) is 0. The summed E-state index contributed by atoms with van der Waals surface area (Å²) in [4.78, 5) is 0. The van der Waals surface area contributed by atoms with Crippen molar-refractivity contribution in [2.24, 2.45) is 23.7 Å². The topological polar surface area (TPSA) is 0 Å². The van der Waals surface area contributed by atoms with E-state index in [1.54, 1.807) is 5.56 Å². The lowest BCUT2D eigenvalue weighted by molar-refractivity contribution is 0.133. The van der Waals surface area contributed by atoms with Crippen LogP contribution in [0.3, 0.4) is 0 Å². The Hall–Kier alpha value is -1.04. The Morgan fingerprint density at radius 1 is 1.11 bits per heavy atom. The van der Waals surface area contributed by atoms with Crippen molar-refractivity contribution in [3.63, 3.8) is 0 Å². The zero-order valence-electron chi connectivity index (χ0n) is 12.5. The first-order valence-electron chi connectivity index (χ1n) is 7.94. The van der Waals surface area contributed by atoms with Gasteiger partial charge in [-0.1, -0.05) is 63.6 Å². The third-order valence-electron chi connectivity index (χ3n) is 5.37. The second-order valence-electron chi connectivity index (χ2n) is 7.00. The minimum atomic E-state index is 0.673. The number of benzene rings is 1. The molecule has 0 N–H and O–H groups in total. The van der Waals surface area contributed by atoms with Crippen LogP contribution in [0.15, 0.2) is 30.3 Å². The molecule has 0 aliphatic heterocycles. The molecule has 0 heteroatoms. The zero-order chi connectivity index (χ0) is 13.4. The highest BCUT2D eigenvalue weighted by Crippen LogP contribution is 2.48. The van der Waals surface area contributed by atoms with Crippen LogP contribution < -0.4 is 0 Å². The fraction of sp³-hybridized carbons (Fsp3) is 0.579. The van der Waals surface area contributed by atoms with Crippen molar-refractivity contribution in [3.05, 3.63) is 41.5 Å². The minimum Gasteiger partial charge on any atom is -0.0761 e. The molecule has 0 radical (unpaired) electrons. The van der Waals surface area contributed by atoms with Crippen molar-refractivity contribution in [2.75, 3.05) is 0 Å². The molecular formula is C19H26. The quantitative estimate of drug-likeness (QED) is 0.653. The Morgan fingerprint density at radius 3 is 2.68 bits per heavy atom. The monoisotopic (exact) mass is 254 g/mol. The summed E-state index contributed by atoms with van der Waals surface area (Å²) in [5, 5.41) is 0. The van der Waals surface area contributed by atoms with Crippen LogP contribution in [0, 0.1) is 23.7 Å². The number of fused-ring (bicyclic) bond motifs is 1. The molecule has 0 spiro atoms. The molecule has 4 atom stereocenters. The molecule has 0 amide bonds. The molecule has 2 aliphatic carbocycles. The molecule has 1 aromatic rings. The molecule has 0 nitrogen and oxygen atoms in total. The van der Waals surface area contributed by atoms with Crippen LogP contribution >= 0.6 is 0 Å². The van der Waals surface area contributed by atoms with Crippen molar-refractivity contribution in [3.8, 4) is 0 Å². The molecule has 0 heterocycles. The third kappa shape index (κ3) is 2.38. The van der Waals surface area contributed by atoms with Crippen molar-refractivity contribution < 1.29 is 0 Å². The van der Waals surface area contributed by atoms with E-state index in [-0.39, 0.29) is 0 Å². The minimum absolute atomic E-state index is 0.673. The highest BCUT2D eigenvalue weighted by atomic mass is 14.4. The maximum atomic E-state index is 2.47. The number of allylic oxidation sites excluding steroid dienone is 1. The van der Waals surface area contributed by atoms with Crippen LogP contribution in [0.1, 0.15) is 57.1 Å². The number of hydrogen-bond donors (Lipinski definition) is 0. The van der Waals surface area contributed by atoms with Gasteiger partial charge in [-0.15, -0.1) is 0 Å². The van der Waals surface area contributed by atoms with Gasteiger partial charge in [0.1, 0.15) is 0 Å². The smallest absolute Gasteiger partial charge is 0.00583 e. The Morgan fingerprint density at radius 2 is 1.89 bits per heavy atom. The Kier molecular flexibility index (Phi) is 3.52. The fourth-order valence-electron chi connectivity index (χ4n) is 4.34. The standard InChI is InChI=1S/C19H26/c1-13(2)16-10-8-14(3)12-19(16)18-11-9-15-6-4-5-7-17(15)18/h4-7,9,11,13-14,16,18-19H,8,10,12H2,1-3H3/t14-,16-,18?,19-/m1/s1. The second kappa shape index (κ2) is 5.15. The average Bonchev–Trinajstić information content (AvgIpc) is 2.82. The van der Waals surface area contributed by atoms with Gasteiger partial charge >= 0.3 is 0 Å². The molecule has 0 saturated heterocycles. The van der Waals surface area contributed by atoms with Gasteiger partial charge in [0.25, 0.3) is 0 Å². The fourth-order valence-corrected chi connectivity index (χ4v) is 4.34. The summed E-state index contributed by atoms with van der Waals surface area (Å²) in [6.07, 6.45) is 9.08. The van der Waals surface area contributed by atoms with Crippen LogP contribution in [0.5, 0.6) is 0 Å². The zero-order valence-corrected chi connectivity index (χ0v) is 12.5. The molecule has 102 valence electrons. The predicted molar refractivity (Wildman–Crippen MR) is 83.1 cm³/mol. The van der Waals surface area contributed by atoms with Crippen LogP contribution in [-0.4, -0.2) is 0 Å². The van der Waals surface area contributed by atoms with Gasteiger partial charge in [-0.3, -0.25) is 0 Å². The van der Waals surface area contributed by atoms with Gasteiger partial charge < -0.3 is 0 Å². The van der Waals surface area contributed by atoms with Crippen LogP contribution in [0.4, 0.5) is 0 Å². The van der Waals surface area contributed by atoms with Crippen molar-refractivity contribution in [1.29, 1.82) is 0 Å². The Labute approximate surface area is 117 Å². The van der Waals surface area contributed by atoms with E-state index < -0.39 is 0 Å². The average molecular weight is 254 g/mol. The normalized spacial score (nSPS) is 33.7. The SMILES string of the molecule is CC(C)[C@H]1CC[C@@H](C)C[C@H]1C1C=Cc2ccccc21. The summed E-state index contributed by atoms with van der Waals surface area (Å²) in [6, 6.07) is 8.98. The van der Waals surface area contributed by atoms with Crippen LogP contribution in [-0.2, 0) is 0 Å². The highest BCUT2D eigenvalue weighted by molar-refractivity contribution is 5.62. The first-order valence-corrected chi connectivity index (χ1v) is 7.94. The molecule has 3 rings (SSSR count). The first kappa shape index (κ1) is 13.0. The van der Waals surface area contributed by atoms with Gasteiger partial charge in [0.05, 0.1) is 0 Å². The number of hydrogen-bond acceptors (Lipinski definition) is 0. The molecule has 19 heavy (non-hydrogen) atoms. The molecule has 1 aromatic carbocycles. The van der Waals surface area contributed by atoms with Gasteiger partial charge in [-0.05, 0) is 47.6 Å². The summed E-state index contributed by atoms with van der Waals surface area (Å²) in [5.74, 6) is 4.15. The lowest BCUT2D eigenvalue weighted by Crippen LogP contribution is -2.31. The first-order chi connectivity index (χ1) is 9.16. The Bertz CT molecular complexity index is 469. The van der Waals surface area contributed by atoms with E-state index in [4.69, 9.17) is 0 Å². The Balaban J connectivity index is 1.90. The maximum Gasteiger partial charge on any atom is 0.00583 e. The summed E-state index contributed by atoms with van der Waals surface area (Å²) in [6.45, 7) is 7.27. The van der Waals surface area contributed by atoms with E-state index in [9.17, 15) is 0 Å². The molecule has 0 bridgehead atoms. The van der Waals surface area contributed by atoms with E-state index in [1.807, 2.05) is 0 Å². The van der Waals surface area contributed by atoms with E-state index in [0.717, 1.165) is 23.7 Å². The van der Waals surface area contributed by atoms with Crippen LogP contribution in [0.25, 0.3) is 6.08 Å². The molecular weight excluding hydrogens is 228 g/mol. The van der Waals surface area contributed by atoms with Gasteiger partial charge in [0.15, 0.2) is 0 Å². The lowest BCUT2D eigenvalue weighted by atomic mass is 9.64. The summed E-state index contributed by atoms with van der Waals surface area (Å²) >= 11 is 0. The van der Waals surface area contributed by atoms with Gasteiger partial charge in [-0.25, -0.2) is 0 Å². The summed E-state index contributed by atoms with van der Waals surface area (Å²) in [5.41, 5.74) is 3.03. The highest BCUT2D eigenvalue weighted by Gasteiger charge is 2.37. The van der Waals surface area contributed by atoms with E-state index in [1.165, 1.54) is 24.8 Å². The van der Waals surface area contributed by atoms with Gasteiger partial charge in [0.2, 0.25) is 0 Å². The molecule has 0 aromatic heterocycles. The second-order valence-corrected chi connectivity index (χ2v) is 7.00. The third-order valence-corrected chi connectivity index (χ3v) is 5.37. The maximum absolute atomic E-state index is 2.47. The van der Waals surface area contributed by atoms with Crippen molar-refractivity contribution in [1.82, 2.24) is 0 Å². The van der Waals surface area contributed by atoms with Crippen molar-refractivity contribution >= 4 is 6.08 Å². The van der Waals surface area contributed by atoms with Gasteiger partial charge in [0, 0.05) is 5.92 Å². The molecule has 1 saturated carbocycles. The number of rotatable bonds is 2. The molecule has 2 aliphatic rings. The molecule has 1 unspecified atom stereocenters. The lowest BCUT2D eigenvalue weighted by Gasteiger charge is -2.40. The summed E-state index contributed by atoms with van der Waals surface area (Å²) < 4.78 is 0. The largest absolute Gasteiger partial charge is 0.0761 e. The molecule has 1 fully saturated rings.